The SMILES string of the molecule is C[N+]1([O-])CCN(C2=Nc3ccccc3Sc3nccn32)CC1.Cl. The number of rotatable bonds is 0. The molecule has 0 saturated carbocycles. The molecule has 0 radical (unpaired) electrons. The molecule has 2 aliphatic heterocycles. The zero-order valence-corrected chi connectivity index (χ0v) is 14.4. The van der Waals surface area contributed by atoms with Crippen molar-refractivity contribution in [2.45, 2.75) is 10.1 Å². The molecule has 4 rings (SSSR count). The van der Waals surface area contributed by atoms with Crippen LogP contribution in [0.25, 0.3) is 0 Å². The van der Waals surface area contributed by atoms with Gasteiger partial charge < -0.3 is 14.8 Å². The maximum atomic E-state index is 12.1. The first kappa shape index (κ1) is 16.3. The molecule has 0 bridgehead atoms. The quantitative estimate of drug-likeness (QED) is 0.540. The highest BCUT2D eigenvalue weighted by Gasteiger charge is 2.27. The van der Waals surface area contributed by atoms with Crippen LogP contribution in [0.15, 0.2) is 51.7 Å². The highest BCUT2D eigenvalue weighted by molar-refractivity contribution is 7.99. The molecule has 0 atom stereocenters. The minimum Gasteiger partial charge on any atom is -0.633 e. The second-order valence-electron chi connectivity index (χ2n) is 5.79. The van der Waals surface area contributed by atoms with E-state index in [1.54, 1.807) is 25.0 Å². The van der Waals surface area contributed by atoms with Crippen molar-refractivity contribution in [2.75, 3.05) is 33.2 Å². The summed E-state index contributed by atoms with van der Waals surface area (Å²) in [5.41, 5.74) is 0.956. The third-order valence-electron chi connectivity index (χ3n) is 4.08. The molecule has 3 heterocycles. The summed E-state index contributed by atoms with van der Waals surface area (Å²) in [5, 5.41) is 13.0. The molecule has 8 heteroatoms. The summed E-state index contributed by atoms with van der Waals surface area (Å²) in [5.74, 6) is 0.865. The average molecular weight is 352 g/mol. The van der Waals surface area contributed by atoms with Gasteiger partial charge in [-0.1, -0.05) is 12.1 Å². The topological polar surface area (TPSA) is 56.5 Å². The second-order valence-corrected chi connectivity index (χ2v) is 6.80. The highest BCUT2D eigenvalue weighted by atomic mass is 35.5. The summed E-state index contributed by atoms with van der Waals surface area (Å²) in [6.07, 6.45) is 3.73. The highest BCUT2D eigenvalue weighted by Crippen LogP contribution is 2.37. The molecule has 2 aromatic rings. The third-order valence-corrected chi connectivity index (χ3v) is 5.13. The molecule has 1 saturated heterocycles. The molecule has 1 aromatic carbocycles. The summed E-state index contributed by atoms with van der Waals surface area (Å²) in [6, 6.07) is 8.09. The second kappa shape index (κ2) is 6.16. The Bertz CT molecular complexity index is 735. The molecule has 0 spiro atoms. The van der Waals surface area contributed by atoms with Crippen LogP contribution in [0.3, 0.4) is 0 Å². The number of hydrogen-bond donors (Lipinski definition) is 0. The summed E-state index contributed by atoms with van der Waals surface area (Å²) in [7, 11) is 1.74. The van der Waals surface area contributed by atoms with Crippen molar-refractivity contribution in [2.24, 2.45) is 4.99 Å². The molecule has 1 fully saturated rings. The number of piperazine rings is 1. The van der Waals surface area contributed by atoms with E-state index in [2.05, 4.69) is 16.0 Å². The van der Waals surface area contributed by atoms with E-state index in [4.69, 9.17) is 4.99 Å². The lowest BCUT2D eigenvalue weighted by Crippen LogP contribution is -2.56. The lowest BCUT2D eigenvalue weighted by atomic mass is 10.3. The number of fused-ring (bicyclic) bond motifs is 2. The Morgan fingerprint density at radius 3 is 2.74 bits per heavy atom. The number of likely N-dealkylation sites (N-methyl/N-ethyl adjacent to an activating group) is 1. The van der Waals surface area contributed by atoms with E-state index >= 15 is 0 Å². The molecular weight excluding hydrogens is 334 g/mol. The van der Waals surface area contributed by atoms with E-state index in [1.807, 2.05) is 29.0 Å². The van der Waals surface area contributed by atoms with Crippen LogP contribution in [0.2, 0.25) is 0 Å². The number of imidazole rings is 1. The van der Waals surface area contributed by atoms with Gasteiger partial charge in [-0.25, -0.2) is 9.98 Å². The molecule has 0 aliphatic carbocycles. The van der Waals surface area contributed by atoms with E-state index in [-0.39, 0.29) is 17.1 Å². The number of aliphatic imine (C=N–C) groups is 1. The number of para-hydroxylation sites is 1. The van der Waals surface area contributed by atoms with Crippen LogP contribution in [-0.2, 0) is 0 Å². The largest absolute Gasteiger partial charge is 0.633 e. The normalized spacial score (nSPS) is 19.0. The first-order chi connectivity index (χ1) is 10.6. The van der Waals surface area contributed by atoms with Crippen molar-refractivity contribution in [3.63, 3.8) is 0 Å². The van der Waals surface area contributed by atoms with Crippen LogP contribution in [0, 0.1) is 5.21 Å². The monoisotopic (exact) mass is 351 g/mol. The number of halogens is 1. The number of hydrogen-bond acceptors (Lipinski definition) is 5. The molecule has 0 unspecified atom stereocenters. The fourth-order valence-corrected chi connectivity index (χ4v) is 3.64. The van der Waals surface area contributed by atoms with Crippen molar-refractivity contribution in [3.8, 4) is 0 Å². The van der Waals surface area contributed by atoms with E-state index in [1.165, 1.54) is 0 Å². The van der Waals surface area contributed by atoms with Gasteiger partial charge in [0.05, 0.1) is 38.9 Å². The predicted molar refractivity (Wildman–Crippen MR) is 93.4 cm³/mol. The Labute approximate surface area is 145 Å². The lowest BCUT2D eigenvalue weighted by molar-refractivity contribution is -0.864. The standard InChI is InChI=1S/C15H17N5OS.ClH/c1-20(21)10-8-18(9-11-20)14-17-12-4-2-3-5-13(12)22-15-16-6-7-19(14)15;/h2-7H,8-11H2,1H3;1H. The van der Waals surface area contributed by atoms with Crippen LogP contribution in [0.1, 0.15) is 0 Å². The fourth-order valence-electron chi connectivity index (χ4n) is 2.72. The van der Waals surface area contributed by atoms with Gasteiger partial charge in [0.25, 0.3) is 0 Å². The number of benzene rings is 1. The Kier molecular flexibility index (Phi) is 4.37. The molecule has 0 amide bonds. The van der Waals surface area contributed by atoms with Gasteiger partial charge in [0, 0.05) is 17.3 Å². The van der Waals surface area contributed by atoms with Gasteiger partial charge in [0.1, 0.15) is 0 Å². The number of quaternary nitrogens is 1. The minimum atomic E-state index is -0.175. The van der Waals surface area contributed by atoms with Gasteiger partial charge in [0.2, 0.25) is 5.96 Å². The lowest BCUT2D eigenvalue weighted by Gasteiger charge is -2.45. The van der Waals surface area contributed by atoms with Crippen LogP contribution in [0.5, 0.6) is 0 Å². The van der Waals surface area contributed by atoms with Gasteiger partial charge in [-0.3, -0.25) is 4.57 Å². The molecule has 122 valence electrons. The van der Waals surface area contributed by atoms with Crippen molar-refractivity contribution >= 4 is 35.8 Å². The van der Waals surface area contributed by atoms with E-state index in [0.717, 1.165) is 21.7 Å². The van der Waals surface area contributed by atoms with Crippen LogP contribution in [-0.4, -0.2) is 58.3 Å². The van der Waals surface area contributed by atoms with Crippen LogP contribution in [0.4, 0.5) is 5.69 Å². The number of nitrogens with zero attached hydrogens (tertiary/aromatic N) is 5. The van der Waals surface area contributed by atoms with Gasteiger partial charge >= 0.3 is 0 Å². The van der Waals surface area contributed by atoms with Crippen LogP contribution < -0.4 is 0 Å². The Balaban J connectivity index is 0.00000156. The maximum Gasteiger partial charge on any atom is 0.212 e. The van der Waals surface area contributed by atoms with Gasteiger partial charge in [0.15, 0.2) is 5.16 Å². The molecule has 0 N–H and O–H groups in total. The van der Waals surface area contributed by atoms with Crippen molar-refractivity contribution in [1.29, 1.82) is 0 Å². The molecule has 6 nitrogen and oxygen atoms in total. The van der Waals surface area contributed by atoms with Crippen LogP contribution >= 0.6 is 24.2 Å². The summed E-state index contributed by atoms with van der Waals surface area (Å²) >= 11 is 1.62. The Hall–Kier alpha value is -1.54. The molecule has 1 aromatic heterocycles. The van der Waals surface area contributed by atoms with E-state index < -0.39 is 0 Å². The van der Waals surface area contributed by atoms with Gasteiger partial charge in [-0.2, -0.15) is 0 Å². The van der Waals surface area contributed by atoms with E-state index in [9.17, 15) is 5.21 Å². The summed E-state index contributed by atoms with van der Waals surface area (Å²) < 4.78 is 1.84. The molecular formula is C15H18ClN5OS. The van der Waals surface area contributed by atoms with Gasteiger partial charge in [-0.05, 0) is 23.9 Å². The van der Waals surface area contributed by atoms with E-state index in [0.29, 0.717) is 26.2 Å². The minimum absolute atomic E-state index is 0. The predicted octanol–water partition coefficient (Wildman–Crippen LogP) is 2.57. The number of hydroxylamine groups is 3. The summed E-state index contributed by atoms with van der Waals surface area (Å²) in [4.78, 5) is 12.6. The van der Waals surface area contributed by atoms with Crippen molar-refractivity contribution in [3.05, 3.63) is 41.9 Å². The van der Waals surface area contributed by atoms with Crippen molar-refractivity contribution in [1.82, 2.24) is 14.5 Å². The van der Waals surface area contributed by atoms with Crippen molar-refractivity contribution < 1.29 is 4.65 Å². The maximum absolute atomic E-state index is 12.1. The van der Waals surface area contributed by atoms with Gasteiger partial charge in [-0.15, -0.1) is 12.4 Å². The average Bonchev–Trinajstić information content (AvgIpc) is 2.89. The molecule has 23 heavy (non-hydrogen) atoms. The smallest absolute Gasteiger partial charge is 0.212 e. The third kappa shape index (κ3) is 3.10. The Morgan fingerprint density at radius 1 is 1.22 bits per heavy atom. The zero-order chi connectivity index (χ0) is 15.2. The zero-order valence-electron chi connectivity index (χ0n) is 12.8. The first-order valence-corrected chi connectivity index (χ1v) is 8.14. The summed E-state index contributed by atoms with van der Waals surface area (Å²) in [6.45, 7) is 2.59. The molecule has 2 aliphatic rings. The first-order valence-electron chi connectivity index (χ1n) is 7.32. The Morgan fingerprint density at radius 2 is 1.96 bits per heavy atom. The fraction of sp³-hybridized carbons (Fsp3) is 0.333. The number of aromatic nitrogens is 2.